The number of rotatable bonds is 3. The van der Waals surface area contributed by atoms with Crippen molar-refractivity contribution in [1.29, 1.82) is 0 Å². The summed E-state index contributed by atoms with van der Waals surface area (Å²) < 4.78 is 5.58. The van der Waals surface area contributed by atoms with Crippen molar-refractivity contribution in [1.82, 2.24) is 15.2 Å². The predicted molar refractivity (Wildman–Crippen MR) is 81.9 cm³/mol. The molecule has 1 fully saturated rings. The third kappa shape index (κ3) is 5.01. The fourth-order valence-electron chi connectivity index (χ4n) is 2.47. The third-order valence-electron chi connectivity index (χ3n) is 3.48. The molecule has 1 saturated heterocycles. The van der Waals surface area contributed by atoms with Gasteiger partial charge in [-0.2, -0.15) is 0 Å². The smallest absolute Gasteiger partial charge is 0.410 e. The van der Waals surface area contributed by atoms with Gasteiger partial charge in [-0.3, -0.25) is 4.98 Å². The van der Waals surface area contributed by atoms with Crippen LogP contribution >= 0.6 is 0 Å². The number of nitrogens with one attached hydrogen (secondary N) is 1. The lowest BCUT2D eigenvalue weighted by Crippen LogP contribution is -2.47. The second-order valence-electron chi connectivity index (χ2n) is 6.44. The molecular formula is C16H25N3O2. The average Bonchev–Trinajstić information content (AvgIpc) is 2.45. The standard InChI is InChI=1S/C16H25N3O2/c1-16(2,3)21-15(20)19(14-6-10-18-11-7-14)12-13-4-8-17-9-5-13/h4-5,8-9,14,18H,6-7,10-12H2,1-3H3. The largest absolute Gasteiger partial charge is 0.444 e. The minimum absolute atomic E-state index is 0.230. The van der Waals surface area contributed by atoms with Crippen molar-refractivity contribution >= 4 is 6.09 Å². The highest BCUT2D eigenvalue weighted by molar-refractivity contribution is 5.68. The van der Waals surface area contributed by atoms with E-state index >= 15 is 0 Å². The molecule has 0 unspecified atom stereocenters. The summed E-state index contributed by atoms with van der Waals surface area (Å²) >= 11 is 0. The normalized spacial score (nSPS) is 16.5. The highest BCUT2D eigenvalue weighted by atomic mass is 16.6. The molecule has 0 aliphatic carbocycles. The maximum Gasteiger partial charge on any atom is 0.410 e. The van der Waals surface area contributed by atoms with Gasteiger partial charge in [0.1, 0.15) is 5.60 Å². The molecular weight excluding hydrogens is 266 g/mol. The van der Waals surface area contributed by atoms with Crippen LogP contribution in [0, 0.1) is 0 Å². The summed E-state index contributed by atoms with van der Waals surface area (Å²) in [6.07, 6.45) is 5.20. The van der Waals surface area contributed by atoms with Gasteiger partial charge in [0.25, 0.3) is 0 Å². The van der Waals surface area contributed by atoms with Crippen molar-refractivity contribution in [2.45, 2.75) is 51.8 Å². The first kappa shape index (κ1) is 15.8. The van der Waals surface area contributed by atoms with Crippen LogP contribution in [0.25, 0.3) is 0 Å². The Morgan fingerprint density at radius 2 is 1.95 bits per heavy atom. The fraction of sp³-hybridized carbons (Fsp3) is 0.625. The second kappa shape index (κ2) is 6.89. The minimum atomic E-state index is -0.472. The number of hydrogen-bond acceptors (Lipinski definition) is 4. The number of pyridine rings is 1. The molecule has 0 radical (unpaired) electrons. The van der Waals surface area contributed by atoms with Crippen molar-refractivity contribution in [3.05, 3.63) is 30.1 Å². The molecule has 0 bridgehead atoms. The van der Waals surface area contributed by atoms with Gasteiger partial charge < -0.3 is 15.0 Å². The van der Waals surface area contributed by atoms with Crippen LogP contribution in [0.1, 0.15) is 39.2 Å². The molecule has 5 nitrogen and oxygen atoms in total. The Balaban J connectivity index is 2.11. The molecule has 5 heteroatoms. The van der Waals surface area contributed by atoms with Crippen molar-refractivity contribution in [2.75, 3.05) is 13.1 Å². The van der Waals surface area contributed by atoms with E-state index in [0.29, 0.717) is 6.54 Å². The first-order chi connectivity index (χ1) is 9.96. The van der Waals surface area contributed by atoms with Gasteiger partial charge in [-0.15, -0.1) is 0 Å². The molecule has 0 spiro atoms. The quantitative estimate of drug-likeness (QED) is 0.930. The molecule has 0 atom stereocenters. The second-order valence-corrected chi connectivity index (χ2v) is 6.44. The Kier molecular flexibility index (Phi) is 5.17. The molecule has 2 heterocycles. The molecule has 1 aromatic rings. The number of amides is 1. The molecule has 1 N–H and O–H groups in total. The Morgan fingerprint density at radius 1 is 1.33 bits per heavy atom. The Bertz CT molecular complexity index is 450. The summed E-state index contributed by atoms with van der Waals surface area (Å²) in [6, 6.07) is 4.12. The molecule has 21 heavy (non-hydrogen) atoms. The summed E-state index contributed by atoms with van der Waals surface area (Å²) in [7, 11) is 0. The third-order valence-corrected chi connectivity index (χ3v) is 3.48. The van der Waals surface area contributed by atoms with Crippen molar-refractivity contribution < 1.29 is 9.53 Å². The van der Waals surface area contributed by atoms with Gasteiger partial charge in [0.2, 0.25) is 0 Å². The highest BCUT2D eigenvalue weighted by Crippen LogP contribution is 2.19. The van der Waals surface area contributed by atoms with Crippen LogP contribution in [0.3, 0.4) is 0 Å². The van der Waals surface area contributed by atoms with Crippen LogP contribution in [-0.4, -0.2) is 40.7 Å². The first-order valence-corrected chi connectivity index (χ1v) is 7.55. The Hall–Kier alpha value is -1.62. The maximum absolute atomic E-state index is 12.5. The zero-order valence-electron chi connectivity index (χ0n) is 13.1. The number of carbonyl (C=O) groups is 1. The van der Waals surface area contributed by atoms with E-state index in [4.69, 9.17) is 4.74 Å². The molecule has 1 amide bonds. The molecule has 0 saturated carbocycles. The topological polar surface area (TPSA) is 54.5 Å². The van der Waals surface area contributed by atoms with Crippen LogP contribution in [0.15, 0.2) is 24.5 Å². The van der Waals surface area contributed by atoms with Crippen LogP contribution in [0.4, 0.5) is 4.79 Å². The van der Waals surface area contributed by atoms with E-state index < -0.39 is 5.60 Å². The Morgan fingerprint density at radius 3 is 2.52 bits per heavy atom. The van der Waals surface area contributed by atoms with E-state index in [-0.39, 0.29) is 12.1 Å². The van der Waals surface area contributed by atoms with Crippen LogP contribution in [0.5, 0.6) is 0 Å². The van der Waals surface area contributed by atoms with Crippen molar-refractivity contribution in [3.8, 4) is 0 Å². The summed E-state index contributed by atoms with van der Waals surface area (Å²) in [5, 5.41) is 3.33. The number of hydrogen-bond donors (Lipinski definition) is 1. The molecule has 0 aromatic carbocycles. The number of aromatic nitrogens is 1. The zero-order chi connectivity index (χ0) is 15.3. The van der Waals surface area contributed by atoms with E-state index in [1.54, 1.807) is 12.4 Å². The fourth-order valence-corrected chi connectivity index (χ4v) is 2.47. The van der Waals surface area contributed by atoms with E-state index in [9.17, 15) is 4.79 Å². The summed E-state index contributed by atoms with van der Waals surface area (Å²) in [5.74, 6) is 0. The van der Waals surface area contributed by atoms with Gasteiger partial charge in [-0.05, 0) is 64.4 Å². The van der Waals surface area contributed by atoms with Gasteiger partial charge in [-0.1, -0.05) is 0 Å². The monoisotopic (exact) mass is 291 g/mol. The van der Waals surface area contributed by atoms with Gasteiger partial charge in [-0.25, -0.2) is 4.79 Å². The van der Waals surface area contributed by atoms with Crippen LogP contribution in [-0.2, 0) is 11.3 Å². The number of ether oxygens (including phenoxy) is 1. The molecule has 116 valence electrons. The minimum Gasteiger partial charge on any atom is -0.444 e. The Labute approximate surface area is 126 Å². The van der Waals surface area contributed by atoms with Gasteiger partial charge in [0.15, 0.2) is 0 Å². The van der Waals surface area contributed by atoms with E-state index in [1.807, 2.05) is 37.8 Å². The van der Waals surface area contributed by atoms with E-state index in [0.717, 1.165) is 31.5 Å². The number of carbonyl (C=O) groups excluding carboxylic acids is 1. The molecule has 1 aromatic heterocycles. The van der Waals surface area contributed by atoms with Crippen molar-refractivity contribution in [3.63, 3.8) is 0 Å². The van der Waals surface area contributed by atoms with Gasteiger partial charge in [0, 0.05) is 25.0 Å². The SMILES string of the molecule is CC(C)(C)OC(=O)N(Cc1ccncc1)C1CCNCC1. The molecule has 1 aliphatic heterocycles. The molecule has 2 rings (SSSR count). The zero-order valence-corrected chi connectivity index (χ0v) is 13.1. The lowest BCUT2D eigenvalue weighted by atomic mass is 10.0. The predicted octanol–water partition coefficient (Wildman–Crippen LogP) is 2.57. The summed E-state index contributed by atoms with van der Waals surface area (Å²) in [5.41, 5.74) is 0.606. The number of piperidine rings is 1. The first-order valence-electron chi connectivity index (χ1n) is 7.55. The maximum atomic E-state index is 12.5. The van der Waals surface area contributed by atoms with Gasteiger partial charge >= 0.3 is 6.09 Å². The van der Waals surface area contributed by atoms with E-state index in [1.165, 1.54) is 0 Å². The number of nitrogens with zero attached hydrogens (tertiary/aromatic N) is 2. The highest BCUT2D eigenvalue weighted by Gasteiger charge is 2.29. The summed E-state index contributed by atoms with van der Waals surface area (Å²) in [4.78, 5) is 18.4. The van der Waals surface area contributed by atoms with Crippen LogP contribution in [0.2, 0.25) is 0 Å². The van der Waals surface area contributed by atoms with Crippen molar-refractivity contribution in [2.24, 2.45) is 0 Å². The lowest BCUT2D eigenvalue weighted by Gasteiger charge is -2.35. The van der Waals surface area contributed by atoms with Crippen LogP contribution < -0.4 is 5.32 Å². The van der Waals surface area contributed by atoms with Gasteiger partial charge in [0.05, 0.1) is 0 Å². The van der Waals surface area contributed by atoms with E-state index in [2.05, 4.69) is 10.3 Å². The molecule has 1 aliphatic rings. The lowest BCUT2D eigenvalue weighted by molar-refractivity contribution is 0.0107. The average molecular weight is 291 g/mol. The summed E-state index contributed by atoms with van der Waals surface area (Å²) in [6.45, 7) is 8.16.